The van der Waals surface area contributed by atoms with Gasteiger partial charge in [-0.3, -0.25) is 9.59 Å². The molecule has 24 heavy (non-hydrogen) atoms. The van der Waals surface area contributed by atoms with E-state index in [1.807, 2.05) is 18.2 Å². The number of nitrogens with zero attached hydrogens (tertiary/aromatic N) is 1. The molecule has 1 unspecified atom stereocenters. The lowest BCUT2D eigenvalue weighted by molar-refractivity contribution is -0.122. The summed E-state index contributed by atoms with van der Waals surface area (Å²) < 4.78 is 0.795. The average molecular weight is 428 g/mol. The van der Waals surface area contributed by atoms with E-state index in [4.69, 9.17) is 23.2 Å². The highest BCUT2D eigenvalue weighted by molar-refractivity contribution is 9.10. The summed E-state index contributed by atoms with van der Waals surface area (Å²) in [5, 5.41) is 3.66. The van der Waals surface area contributed by atoms with Crippen molar-refractivity contribution in [3.63, 3.8) is 0 Å². The second kappa shape index (κ2) is 7.13. The first kappa shape index (κ1) is 17.3. The number of halogens is 3. The number of benzene rings is 2. The molecule has 0 aromatic heterocycles. The number of rotatable bonds is 3. The van der Waals surface area contributed by atoms with Gasteiger partial charge in [-0.15, -0.1) is 0 Å². The predicted octanol–water partition coefficient (Wildman–Crippen LogP) is 4.75. The molecule has 1 aliphatic heterocycles. The van der Waals surface area contributed by atoms with Crippen LogP contribution < -0.4 is 10.2 Å². The van der Waals surface area contributed by atoms with Crippen molar-refractivity contribution in [3.8, 4) is 0 Å². The average Bonchev–Trinajstić information content (AvgIpc) is 2.94. The molecular formula is C17H13BrCl2N2O2. The van der Waals surface area contributed by atoms with Gasteiger partial charge in [0, 0.05) is 23.1 Å². The van der Waals surface area contributed by atoms with Crippen LogP contribution in [0.15, 0.2) is 46.9 Å². The Bertz CT molecular complexity index is 813. The van der Waals surface area contributed by atoms with Gasteiger partial charge < -0.3 is 10.2 Å². The fourth-order valence-electron chi connectivity index (χ4n) is 2.58. The van der Waals surface area contributed by atoms with Crippen molar-refractivity contribution in [3.05, 3.63) is 57.0 Å². The summed E-state index contributed by atoms with van der Waals surface area (Å²) in [6, 6.07) is 12.3. The van der Waals surface area contributed by atoms with Gasteiger partial charge in [0.1, 0.15) is 0 Å². The Morgan fingerprint density at radius 2 is 1.92 bits per heavy atom. The van der Waals surface area contributed by atoms with Crippen molar-refractivity contribution in [2.45, 2.75) is 6.42 Å². The maximum Gasteiger partial charge on any atom is 0.229 e. The molecular weight excluding hydrogens is 415 g/mol. The minimum Gasteiger partial charge on any atom is -0.325 e. The molecule has 1 aliphatic rings. The summed E-state index contributed by atoms with van der Waals surface area (Å²) in [7, 11) is 0. The molecule has 0 spiro atoms. The molecule has 2 aromatic rings. The monoisotopic (exact) mass is 426 g/mol. The highest BCUT2D eigenvalue weighted by Crippen LogP contribution is 2.31. The molecule has 3 rings (SSSR count). The molecule has 7 heteroatoms. The van der Waals surface area contributed by atoms with E-state index < -0.39 is 5.92 Å². The second-order valence-electron chi connectivity index (χ2n) is 5.47. The van der Waals surface area contributed by atoms with Gasteiger partial charge in [0.2, 0.25) is 11.8 Å². The maximum atomic E-state index is 12.5. The molecule has 124 valence electrons. The van der Waals surface area contributed by atoms with E-state index in [1.165, 1.54) is 0 Å². The van der Waals surface area contributed by atoms with Crippen LogP contribution in [0.3, 0.4) is 0 Å². The molecule has 2 amide bonds. The van der Waals surface area contributed by atoms with Gasteiger partial charge in [0.25, 0.3) is 0 Å². The summed E-state index contributed by atoms with van der Waals surface area (Å²) >= 11 is 15.3. The summed E-state index contributed by atoms with van der Waals surface area (Å²) in [5.41, 5.74) is 1.33. The molecule has 0 radical (unpaired) electrons. The zero-order valence-corrected chi connectivity index (χ0v) is 15.5. The lowest BCUT2D eigenvalue weighted by Gasteiger charge is -2.17. The first-order chi connectivity index (χ1) is 11.5. The van der Waals surface area contributed by atoms with Crippen molar-refractivity contribution in [2.75, 3.05) is 16.8 Å². The van der Waals surface area contributed by atoms with Crippen LogP contribution in [0.2, 0.25) is 10.0 Å². The summed E-state index contributed by atoms with van der Waals surface area (Å²) in [5.74, 6) is -0.711. The molecule has 4 nitrogen and oxygen atoms in total. The van der Waals surface area contributed by atoms with Crippen LogP contribution in [0.4, 0.5) is 11.4 Å². The van der Waals surface area contributed by atoms with Crippen LogP contribution >= 0.6 is 39.1 Å². The van der Waals surface area contributed by atoms with Crippen molar-refractivity contribution in [1.82, 2.24) is 0 Å². The number of hydrogen-bond donors (Lipinski definition) is 1. The minimum atomic E-state index is -0.418. The van der Waals surface area contributed by atoms with Crippen LogP contribution in [0.5, 0.6) is 0 Å². The van der Waals surface area contributed by atoms with Crippen molar-refractivity contribution >= 4 is 62.3 Å². The minimum absolute atomic E-state index is 0.110. The second-order valence-corrected chi connectivity index (χ2v) is 7.14. The largest absolute Gasteiger partial charge is 0.325 e. The SMILES string of the molecule is O=C(Nc1ccccc1Br)C1CC(=O)N(c2ccc(Cl)c(Cl)c2)C1. The zero-order valence-electron chi connectivity index (χ0n) is 12.4. The van der Waals surface area contributed by atoms with E-state index in [0.717, 1.165) is 4.47 Å². The van der Waals surface area contributed by atoms with Gasteiger partial charge >= 0.3 is 0 Å². The molecule has 0 bridgehead atoms. The highest BCUT2D eigenvalue weighted by atomic mass is 79.9. The number of hydrogen-bond acceptors (Lipinski definition) is 2. The molecule has 1 fully saturated rings. The fraction of sp³-hybridized carbons (Fsp3) is 0.176. The Hall–Kier alpha value is -1.56. The number of para-hydroxylation sites is 1. The summed E-state index contributed by atoms with van der Waals surface area (Å²) in [4.78, 5) is 26.3. The van der Waals surface area contributed by atoms with Crippen molar-refractivity contribution < 1.29 is 9.59 Å². The number of anilines is 2. The first-order valence-corrected chi connectivity index (χ1v) is 8.81. The smallest absolute Gasteiger partial charge is 0.229 e. The first-order valence-electron chi connectivity index (χ1n) is 7.26. The van der Waals surface area contributed by atoms with Crippen LogP contribution in [0.1, 0.15) is 6.42 Å². The van der Waals surface area contributed by atoms with Gasteiger partial charge in [-0.2, -0.15) is 0 Å². The van der Waals surface area contributed by atoms with Gasteiger partial charge in [-0.1, -0.05) is 35.3 Å². The van der Waals surface area contributed by atoms with Gasteiger partial charge in [0.15, 0.2) is 0 Å². The standard InChI is InChI=1S/C17H13BrCl2N2O2/c18-12-3-1-2-4-15(12)21-17(24)10-7-16(23)22(9-10)11-5-6-13(19)14(20)8-11/h1-6,8,10H,7,9H2,(H,21,24). The van der Waals surface area contributed by atoms with Crippen LogP contribution in [-0.2, 0) is 9.59 Å². The Labute approximate surface area is 157 Å². The lowest BCUT2D eigenvalue weighted by atomic mass is 10.1. The molecule has 1 N–H and O–H groups in total. The molecule has 0 saturated carbocycles. The number of nitrogens with one attached hydrogen (secondary N) is 1. The summed E-state index contributed by atoms with van der Waals surface area (Å²) in [6.07, 6.45) is 0.163. The van der Waals surface area contributed by atoms with Crippen LogP contribution in [0.25, 0.3) is 0 Å². The number of carbonyl (C=O) groups excluding carboxylic acids is 2. The van der Waals surface area contributed by atoms with Crippen LogP contribution in [0, 0.1) is 5.92 Å². The molecule has 2 aromatic carbocycles. The fourth-order valence-corrected chi connectivity index (χ4v) is 3.26. The maximum absolute atomic E-state index is 12.5. The number of carbonyl (C=O) groups is 2. The topological polar surface area (TPSA) is 49.4 Å². The molecule has 1 atom stereocenters. The Kier molecular flexibility index (Phi) is 5.13. The van der Waals surface area contributed by atoms with E-state index in [0.29, 0.717) is 28.0 Å². The van der Waals surface area contributed by atoms with Crippen molar-refractivity contribution in [1.29, 1.82) is 0 Å². The van der Waals surface area contributed by atoms with Gasteiger partial charge in [-0.05, 0) is 46.3 Å². The van der Waals surface area contributed by atoms with Crippen LogP contribution in [-0.4, -0.2) is 18.4 Å². The molecule has 1 saturated heterocycles. The Balaban J connectivity index is 1.73. The van der Waals surface area contributed by atoms with Gasteiger partial charge in [0.05, 0.1) is 21.7 Å². The van der Waals surface area contributed by atoms with Gasteiger partial charge in [-0.25, -0.2) is 0 Å². The lowest BCUT2D eigenvalue weighted by Crippen LogP contribution is -2.28. The van der Waals surface area contributed by atoms with E-state index in [-0.39, 0.29) is 18.2 Å². The predicted molar refractivity (Wildman–Crippen MR) is 99.7 cm³/mol. The third kappa shape index (κ3) is 3.58. The molecule has 1 heterocycles. The number of amides is 2. The Morgan fingerprint density at radius 1 is 1.17 bits per heavy atom. The third-order valence-electron chi connectivity index (χ3n) is 3.84. The normalized spacial score (nSPS) is 17.2. The van der Waals surface area contributed by atoms with E-state index >= 15 is 0 Å². The van der Waals surface area contributed by atoms with E-state index in [1.54, 1.807) is 29.2 Å². The van der Waals surface area contributed by atoms with Crippen molar-refractivity contribution in [2.24, 2.45) is 5.92 Å². The highest BCUT2D eigenvalue weighted by Gasteiger charge is 2.35. The quantitative estimate of drug-likeness (QED) is 0.768. The van der Waals surface area contributed by atoms with E-state index in [9.17, 15) is 9.59 Å². The molecule has 0 aliphatic carbocycles. The summed E-state index contributed by atoms with van der Waals surface area (Å²) in [6.45, 7) is 0.313. The zero-order chi connectivity index (χ0) is 17.3. The Morgan fingerprint density at radius 3 is 2.62 bits per heavy atom. The third-order valence-corrected chi connectivity index (χ3v) is 5.27. The van der Waals surface area contributed by atoms with E-state index in [2.05, 4.69) is 21.2 Å².